The second kappa shape index (κ2) is 6.93. The van der Waals surface area contributed by atoms with E-state index < -0.39 is 0 Å². The number of carbonyl (C=O) groups is 1. The minimum Gasteiger partial charge on any atom is -0.492 e. The second-order valence-electron chi connectivity index (χ2n) is 3.60. The Morgan fingerprint density at radius 3 is 2.94 bits per heavy atom. The van der Waals surface area contributed by atoms with E-state index in [0.717, 1.165) is 0 Å². The number of carbonyl (C=O) groups excluding carboxylic acids is 1. The highest BCUT2D eigenvalue weighted by Gasteiger charge is 2.04. The van der Waals surface area contributed by atoms with E-state index in [1.807, 2.05) is 13.0 Å². The minimum absolute atomic E-state index is 0.222. The maximum absolute atomic E-state index is 11.1. The molecule has 0 saturated heterocycles. The van der Waals surface area contributed by atoms with Gasteiger partial charge in [-0.25, -0.2) is 0 Å². The molecule has 3 nitrogen and oxygen atoms in total. The molecule has 0 aliphatic heterocycles. The lowest BCUT2D eigenvalue weighted by Gasteiger charge is -2.07. The van der Waals surface area contributed by atoms with Gasteiger partial charge in [0, 0.05) is 23.9 Å². The molecule has 0 aliphatic rings. The molecule has 4 heteroatoms. The van der Waals surface area contributed by atoms with Crippen LogP contribution in [0.15, 0.2) is 18.2 Å². The van der Waals surface area contributed by atoms with Crippen molar-refractivity contribution in [2.45, 2.75) is 26.2 Å². The zero-order chi connectivity index (χ0) is 12.7. The molecule has 0 bridgehead atoms. The third-order valence-corrected chi connectivity index (χ3v) is 2.55. The van der Waals surface area contributed by atoms with Crippen molar-refractivity contribution >= 4 is 17.4 Å². The summed E-state index contributed by atoms with van der Waals surface area (Å²) < 4.78 is 5.44. The number of ether oxygens (including phenoxy) is 1. The molecule has 1 rings (SSSR count). The van der Waals surface area contributed by atoms with Crippen molar-refractivity contribution in [3.8, 4) is 11.8 Å². The van der Waals surface area contributed by atoms with Crippen LogP contribution in [0.5, 0.6) is 5.75 Å². The molecule has 0 fully saturated rings. The molecule has 1 aromatic rings. The fourth-order valence-electron chi connectivity index (χ4n) is 1.34. The Kier molecular flexibility index (Phi) is 5.51. The largest absolute Gasteiger partial charge is 0.492 e. The molecule has 90 valence electrons. The van der Waals surface area contributed by atoms with Crippen molar-refractivity contribution in [1.82, 2.24) is 0 Å². The number of nitrogens with zero attached hydrogens (tertiary/aromatic N) is 1. The predicted octanol–water partition coefficient (Wildman–Crippen LogP) is 3.35. The first-order valence-corrected chi connectivity index (χ1v) is 5.89. The van der Waals surface area contributed by atoms with Gasteiger partial charge in [0.15, 0.2) is 0 Å². The topological polar surface area (TPSA) is 50.1 Å². The third kappa shape index (κ3) is 4.46. The first kappa shape index (κ1) is 13.5. The van der Waals surface area contributed by atoms with Gasteiger partial charge in [0.1, 0.15) is 17.6 Å². The highest BCUT2D eigenvalue weighted by Crippen LogP contribution is 2.22. The maximum atomic E-state index is 11.1. The van der Waals surface area contributed by atoms with E-state index >= 15 is 0 Å². The Labute approximate surface area is 106 Å². The normalized spacial score (nSPS) is 9.71. The molecule has 0 atom stereocenters. The van der Waals surface area contributed by atoms with Crippen LogP contribution < -0.4 is 4.74 Å². The number of Topliss-reactive ketones (excluding diaryl/α,β-unsaturated/α-hetero) is 1. The lowest BCUT2D eigenvalue weighted by Crippen LogP contribution is -2.03. The number of benzene rings is 1. The summed E-state index contributed by atoms with van der Waals surface area (Å²) in [6, 6.07) is 6.91. The van der Waals surface area contributed by atoms with Crippen LogP contribution in [0.25, 0.3) is 0 Å². The van der Waals surface area contributed by atoms with Gasteiger partial charge >= 0.3 is 0 Å². The fourth-order valence-corrected chi connectivity index (χ4v) is 1.50. The third-order valence-electron chi connectivity index (χ3n) is 2.32. The Hall–Kier alpha value is -1.53. The zero-order valence-corrected chi connectivity index (χ0v) is 10.5. The fraction of sp³-hybridized carbons (Fsp3) is 0.385. The summed E-state index contributed by atoms with van der Waals surface area (Å²) in [4.78, 5) is 11.1. The Balaban J connectivity index is 2.49. The molecular weight excluding hydrogens is 238 g/mol. The average molecular weight is 252 g/mol. The van der Waals surface area contributed by atoms with Gasteiger partial charge in [-0.3, -0.25) is 4.79 Å². The van der Waals surface area contributed by atoms with Crippen LogP contribution in [0, 0.1) is 11.3 Å². The summed E-state index contributed by atoms with van der Waals surface area (Å²) >= 11 is 5.82. The van der Waals surface area contributed by atoms with Gasteiger partial charge in [0.05, 0.1) is 12.2 Å². The Morgan fingerprint density at radius 1 is 1.53 bits per heavy atom. The lowest BCUT2D eigenvalue weighted by atomic mass is 10.2. The van der Waals surface area contributed by atoms with Crippen molar-refractivity contribution in [3.05, 3.63) is 28.8 Å². The molecule has 1 aromatic carbocycles. The van der Waals surface area contributed by atoms with E-state index in [1.165, 1.54) is 0 Å². The molecule has 0 N–H and O–H groups in total. The summed E-state index contributed by atoms with van der Waals surface area (Å²) in [6.07, 6.45) is 1.73. The van der Waals surface area contributed by atoms with E-state index in [9.17, 15) is 4.79 Å². The minimum atomic E-state index is 0.222. The van der Waals surface area contributed by atoms with E-state index in [2.05, 4.69) is 0 Å². The number of rotatable bonds is 6. The average Bonchev–Trinajstić information content (AvgIpc) is 2.34. The quantitative estimate of drug-likeness (QED) is 0.729. The Morgan fingerprint density at radius 2 is 2.29 bits per heavy atom. The zero-order valence-electron chi connectivity index (χ0n) is 9.70. The van der Waals surface area contributed by atoms with E-state index in [0.29, 0.717) is 42.2 Å². The van der Waals surface area contributed by atoms with Crippen LogP contribution in [0.1, 0.15) is 31.7 Å². The van der Waals surface area contributed by atoms with Crippen LogP contribution in [0.2, 0.25) is 5.02 Å². The van der Waals surface area contributed by atoms with Crippen molar-refractivity contribution < 1.29 is 9.53 Å². The number of nitriles is 1. The first-order valence-electron chi connectivity index (χ1n) is 5.51. The number of ketones is 1. The predicted molar refractivity (Wildman–Crippen MR) is 66.2 cm³/mol. The summed E-state index contributed by atoms with van der Waals surface area (Å²) in [5.41, 5.74) is 0.455. The number of halogens is 1. The summed E-state index contributed by atoms with van der Waals surface area (Å²) in [5, 5.41) is 9.40. The van der Waals surface area contributed by atoms with Gasteiger partial charge in [-0.2, -0.15) is 5.26 Å². The van der Waals surface area contributed by atoms with Gasteiger partial charge in [0.2, 0.25) is 0 Å². The molecule has 0 amide bonds. The molecule has 0 saturated carbocycles. The van der Waals surface area contributed by atoms with Crippen molar-refractivity contribution in [2.75, 3.05) is 6.61 Å². The molecule has 17 heavy (non-hydrogen) atoms. The van der Waals surface area contributed by atoms with Gasteiger partial charge < -0.3 is 4.74 Å². The number of hydrogen-bond acceptors (Lipinski definition) is 3. The molecule has 0 radical (unpaired) electrons. The molecule has 0 unspecified atom stereocenters. The van der Waals surface area contributed by atoms with Crippen molar-refractivity contribution in [2.24, 2.45) is 0 Å². The summed E-state index contributed by atoms with van der Waals surface area (Å²) in [6.45, 7) is 2.26. The standard InChI is InChI=1S/C13H14ClNO2/c1-2-12(16)4-3-7-17-13-8-11(14)6-5-10(13)9-15/h5-6,8H,2-4,7H2,1H3. The lowest BCUT2D eigenvalue weighted by molar-refractivity contribution is -0.118. The molecule has 0 spiro atoms. The van der Waals surface area contributed by atoms with E-state index in [-0.39, 0.29) is 5.78 Å². The van der Waals surface area contributed by atoms with E-state index in [1.54, 1.807) is 18.2 Å². The molecule has 0 heterocycles. The van der Waals surface area contributed by atoms with Crippen LogP contribution in [-0.4, -0.2) is 12.4 Å². The van der Waals surface area contributed by atoms with Crippen molar-refractivity contribution in [3.63, 3.8) is 0 Å². The van der Waals surface area contributed by atoms with Gasteiger partial charge in [-0.15, -0.1) is 0 Å². The SMILES string of the molecule is CCC(=O)CCCOc1cc(Cl)ccc1C#N. The second-order valence-corrected chi connectivity index (χ2v) is 4.03. The van der Waals surface area contributed by atoms with Crippen LogP contribution in [0.4, 0.5) is 0 Å². The van der Waals surface area contributed by atoms with Gasteiger partial charge in [0.25, 0.3) is 0 Å². The highest BCUT2D eigenvalue weighted by atomic mass is 35.5. The monoisotopic (exact) mass is 251 g/mol. The smallest absolute Gasteiger partial charge is 0.138 e. The van der Waals surface area contributed by atoms with Crippen molar-refractivity contribution in [1.29, 1.82) is 5.26 Å². The molecule has 0 aromatic heterocycles. The molecular formula is C13H14ClNO2. The van der Waals surface area contributed by atoms with Crippen LogP contribution in [-0.2, 0) is 4.79 Å². The Bertz CT molecular complexity index is 438. The van der Waals surface area contributed by atoms with Crippen LogP contribution >= 0.6 is 11.6 Å². The highest BCUT2D eigenvalue weighted by molar-refractivity contribution is 6.30. The maximum Gasteiger partial charge on any atom is 0.138 e. The molecule has 0 aliphatic carbocycles. The van der Waals surface area contributed by atoms with E-state index in [4.69, 9.17) is 21.6 Å². The number of hydrogen-bond donors (Lipinski definition) is 0. The van der Waals surface area contributed by atoms with Gasteiger partial charge in [-0.05, 0) is 18.6 Å². The summed E-state index contributed by atoms with van der Waals surface area (Å²) in [5.74, 6) is 0.698. The van der Waals surface area contributed by atoms with Crippen LogP contribution in [0.3, 0.4) is 0 Å². The first-order chi connectivity index (χ1) is 8.17. The van der Waals surface area contributed by atoms with Gasteiger partial charge in [-0.1, -0.05) is 18.5 Å². The summed E-state index contributed by atoms with van der Waals surface area (Å²) in [7, 11) is 0.